The first-order valence-corrected chi connectivity index (χ1v) is 8.51. The zero-order valence-electron chi connectivity index (χ0n) is 13.8. The van der Waals surface area contributed by atoms with Crippen molar-refractivity contribution < 1.29 is 19.1 Å². The van der Waals surface area contributed by atoms with E-state index in [1.54, 1.807) is 49.4 Å². The molecule has 0 bridgehead atoms. The molecule has 5 heteroatoms. The zero-order chi connectivity index (χ0) is 17.7. The molecular formula is C19H19BrO4. The summed E-state index contributed by atoms with van der Waals surface area (Å²) in [6, 6.07) is 11.7. The molecule has 0 saturated heterocycles. The van der Waals surface area contributed by atoms with E-state index in [2.05, 4.69) is 15.9 Å². The van der Waals surface area contributed by atoms with Gasteiger partial charge in [-0.1, -0.05) is 22.9 Å². The monoisotopic (exact) mass is 390 g/mol. The number of carbonyl (C=O) groups excluding carboxylic acids is 2. The summed E-state index contributed by atoms with van der Waals surface area (Å²) in [7, 11) is 0. The van der Waals surface area contributed by atoms with Crippen LogP contribution in [0.4, 0.5) is 0 Å². The fraction of sp³-hybridized carbons (Fsp3) is 0.263. The van der Waals surface area contributed by atoms with E-state index < -0.39 is 5.97 Å². The summed E-state index contributed by atoms with van der Waals surface area (Å²) in [5, 5.41) is 0. The summed E-state index contributed by atoms with van der Waals surface area (Å²) in [6.45, 7) is 5.58. The van der Waals surface area contributed by atoms with E-state index in [1.807, 2.05) is 13.8 Å². The molecule has 4 nitrogen and oxygen atoms in total. The fourth-order valence-electron chi connectivity index (χ4n) is 2.09. The molecule has 0 spiro atoms. The first-order valence-electron chi connectivity index (χ1n) is 7.72. The van der Waals surface area contributed by atoms with Gasteiger partial charge in [-0.2, -0.15) is 0 Å². The number of ether oxygens (including phenoxy) is 2. The topological polar surface area (TPSA) is 52.6 Å². The Morgan fingerprint density at radius 1 is 1.08 bits per heavy atom. The lowest BCUT2D eigenvalue weighted by Crippen LogP contribution is -2.14. The Kier molecular flexibility index (Phi) is 6.15. The molecule has 24 heavy (non-hydrogen) atoms. The minimum Gasteiger partial charge on any atom is -0.490 e. The van der Waals surface area contributed by atoms with Crippen molar-refractivity contribution in [1.82, 2.24) is 0 Å². The largest absolute Gasteiger partial charge is 0.490 e. The van der Waals surface area contributed by atoms with Crippen molar-refractivity contribution in [3.05, 3.63) is 58.1 Å². The van der Waals surface area contributed by atoms with Crippen molar-refractivity contribution in [3.63, 3.8) is 0 Å². The Labute approximate surface area is 149 Å². The van der Waals surface area contributed by atoms with Crippen molar-refractivity contribution in [2.75, 3.05) is 0 Å². The molecule has 0 aromatic heterocycles. The minimum atomic E-state index is -0.512. The van der Waals surface area contributed by atoms with E-state index >= 15 is 0 Å². The smallest absolute Gasteiger partial charge is 0.347 e. The predicted octanol–water partition coefficient (Wildman–Crippen LogP) is 5.05. The van der Waals surface area contributed by atoms with Gasteiger partial charge in [-0.05, 0) is 56.3 Å². The molecule has 0 atom stereocenters. The quantitative estimate of drug-likeness (QED) is 0.393. The van der Waals surface area contributed by atoms with Gasteiger partial charge in [-0.25, -0.2) is 4.79 Å². The second kappa shape index (κ2) is 8.11. The van der Waals surface area contributed by atoms with Gasteiger partial charge in [0, 0.05) is 16.5 Å². The van der Waals surface area contributed by atoms with Crippen LogP contribution in [0.2, 0.25) is 0 Å². The molecule has 0 aliphatic rings. The standard InChI is InChI=1S/C19H19BrO4/c1-4-17(21)13-5-8-15(9-6-13)24-19(22)16-11-14(20)7-10-18(16)23-12(2)3/h5-12H,4H2,1-3H3. The van der Waals surface area contributed by atoms with Crippen LogP contribution < -0.4 is 9.47 Å². The van der Waals surface area contributed by atoms with Gasteiger partial charge in [-0.15, -0.1) is 0 Å². The molecule has 0 fully saturated rings. The van der Waals surface area contributed by atoms with Crippen LogP contribution in [0, 0.1) is 0 Å². The Balaban J connectivity index is 2.20. The minimum absolute atomic E-state index is 0.0486. The number of Topliss-reactive ketones (excluding diaryl/α,β-unsaturated/α-hetero) is 1. The second-order valence-electron chi connectivity index (χ2n) is 5.50. The number of hydrogen-bond donors (Lipinski definition) is 0. The highest BCUT2D eigenvalue weighted by Crippen LogP contribution is 2.26. The molecule has 0 saturated carbocycles. The lowest BCUT2D eigenvalue weighted by Gasteiger charge is -2.14. The Morgan fingerprint density at radius 3 is 2.33 bits per heavy atom. The van der Waals surface area contributed by atoms with E-state index in [0.29, 0.717) is 29.0 Å². The maximum absolute atomic E-state index is 12.5. The SMILES string of the molecule is CCC(=O)c1ccc(OC(=O)c2cc(Br)ccc2OC(C)C)cc1. The number of halogens is 1. The molecule has 0 N–H and O–H groups in total. The van der Waals surface area contributed by atoms with Crippen LogP contribution in [-0.4, -0.2) is 17.9 Å². The van der Waals surface area contributed by atoms with Crippen molar-refractivity contribution in [2.45, 2.75) is 33.3 Å². The average molecular weight is 391 g/mol. The Hall–Kier alpha value is -2.14. The molecule has 2 aromatic rings. The van der Waals surface area contributed by atoms with E-state index in [9.17, 15) is 9.59 Å². The summed E-state index contributed by atoms with van der Waals surface area (Å²) in [6.07, 6.45) is 0.379. The van der Waals surface area contributed by atoms with Crippen molar-refractivity contribution in [1.29, 1.82) is 0 Å². The second-order valence-corrected chi connectivity index (χ2v) is 6.41. The predicted molar refractivity (Wildman–Crippen MR) is 95.9 cm³/mol. The number of esters is 1. The molecule has 0 amide bonds. The van der Waals surface area contributed by atoms with Crippen LogP contribution in [0.3, 0.4) is 0 Å². The first kappa shape index (κ1) is 18.2. The van der Waals surface area contributed by atoms with Gasteiger partial charge >= 0.3 is 5.97 Å². The maximum atomic E-state index is 12.5. The molecule has 126 valence electrons. The molecule has 0 unspecified atom stereocenters. The van der Waals surface area contributed by atoms with E-state index in [4.69, 9.17) is 9.47 Å². The van der Waals surface area contributed by atoms with Gasteiger partial charge in [0.1, 0.15) is 17.1 Å². The van der Waals surface area contributed by atoms with Gasteiger partial charge in [0.05, 0.1) is 6.10 Å². The van der Waals surface area contributed by atoms with Crippen LogP contribution in [0.5, 0.6) is 11.5 Å². The van der Waals surface area contributed by atoms with E-state index in [-0.39, 0.29) is 11.9 Å². The van der Waals surface area contributed by atoms with Crippen LogP contribution in [0.25, 0.3) is 0 Å². The lowest BCUT2D eigenvalue weighted by molar-refractivity contribution is 0.0728. The summed E-state index contributed by atoms with van der Waals surface area (Å²) in [4.78, 5) is 24.1. The zero-order valence-corrected chi connectivity index (χ0v) is 15.4. The Morgan fingerprint density at radius 2 is 1.75 bits per heavy atom. The molecule has 2 rings (SSSR count). The van der Waals surface area contributed by atoms with Gasteiger partial charge in [0.2, 0.25) is 0 Å². The fourth-order valence-corrected chi connectivity index (χ4v) is 2.45. The number of hydrogen-bond acceptors (Lipinski definition) is 4. The van der Waals surface area contributed by atoms with Crippen molar-refractivity contribution in [2.24, 2.45) is 0 Å². The normalized spacial score (nSPS) is 10.5. The van der Waals surface area contributed by atoms with Gasteiger partial charge in [0.15, 0.2) is 5.78 Å². The first-order chi connectivity index (χ1) is 11.4. The summed E-state index contributed by atoms with van der Waals surface area (Å²) < 4.78 is 11.8. The van der Waals surface area contributed by atoms with Gasteiger partial charge < -0.3 is 9.47 Å². The maximum Gasteiger partial charge on any atom is 0.347 e. The molecule has 2 aromatic carbocycles. The molecular weight excluding hydrogens is 372 g/mol. The molecule has 0 radical (unpaired) electrons. The third kappa shape index (κ3) is 4.68. The highest BCUT2D eigenvalue weighted by molar-refractivity contribution is 9.10. The lowest BCUT2D eigenvalue weighted by atomic mass is 10.1. The van der Waals surface area contributed by atoms with E-state index in [1.165, 1.54) is 0 Å². The molecule has 0 aliphatic carbocycles. The van der Waals surface area contributed by atoms with Crippen LogP contribution in [0.1, 0.15) is 47.9 Å². The summed E-state index contributed by atoms with van der Waals surface area (Å²) in [5.74, 6) is 0.383. The number of carbonyl (C=O) groups is 2. The molecule has 0 aliphatic heterocycles. The molecule has 0 heterocycles. The average Bonchev–Trinajstić information content (AvgIpc) is 2.56. The van der Waals surface area contributed by atoms with Gasteiger partial charge in [-0.3, -0.25) is 4.79 Å². The number of benzene rings is 2. The number of ketones is 1. The third-order valence-electron chi connectivity index (χ3n) is 3.23. The highest BCUT2D eigenvalue weighted by atomic mass is 79.9. The Bertz CT molecular complexity index is 736. The van der Waals surface area contributed by atoms with Crippen molar-refractivity contribution in [3.8, 4) is 11.5 Å². The number of rotatable bonds is 6. The van der Waals surface area contributed by atoms with Crippen molar-refractivity contribution >= 4 is 27.7 Å². The van der Waals surface area contributed by atoms with E-state index in [0.717, 1.165) is 4.47 Å². The summed E-state index contributed by atoms with van der Waals surface area (Å²) >= 11 is 3.35. The highest BCUT2D eigenvalue weighted by Gasteiger charge is 2.17. The van der Waals surface area contributed by atoms with Crippen LogP contribution in [0.15, 0.2) is 46.9 Å². The van der Waals surface area contributed by atoms with Gasteiger partial charge in [0.25, 0.3) is 0 Å². The van der Waals surface area contributed by atoms with Crippen LogP contribution >= 0.6 is 15.9 Å². The van der Waals surface area contributed by atoms with Crippen LogP contribution in [-0.2, 0) is 0 Å². The summed E-state index contributed by atoms with van der Waals surface area (Å²) in [5.41, 5.74) is 0.940. The third-order valence-corrected chi connectivity index (χ3v) is 3.73.